The van der Waals surface area contributed by atoms with E-state index in [-0.39, 0.29) is 31.4 Å². The molecule has 1 unspecified atom stereocenters. The topological polar surface area (TPSA) is 110 Å². The molecule has 1 amide bonds. The number of aldehydes is 1. The van der Waals surface area contributed by atoms with Crippen LogP contribution >= 0.6 is 0 Å². The fourth-order valence-electron chi connectivity index (χ4n) is 6.83. The number of benzene rings is 3. The lowest BCUT2D eigenvalue weighted by atomic mass is 9.84. The number of amides is 1. The molecule has 1 N–H and O–H groups in total. The Bertz CT molecular complexity index is 1920. The Labute approximate surface area is 281 Å². The first-order valence-electron chi connectivity index (χ1n) is 16.1. The number of pyridine rings is 1. The Morgan fingerprint density at radius 3 is 2.69 bits per heavy atom. The molecule has 3 aromatic carbocycles. The molecule has 1 aliphatic rings. The number of hydrogen-bond donors (Lipinski definition) is 1. The van der Waals surface area contributed by atoms with Gasteiger partial charge in [0.25, 0.3) is 0 Å². The molecular weight excluding hydrogens is 607 g/mol. The SMILES string of the molecule is C=O.CCn1nnc2c(C)c([C@@H](CC(=O)Nc3cccnc3)c3ccc(C)c(CN4C[C@@H](C)Cc5ccc(F)cc5C4C=O)c3)ccc21.[HH]. The van der Waals surface area contributed by atoms with Gasteiger partial charge >= 0.3 is 0 Å². The third-order valence-corrected chi connectivity index (χ3v) is 9.20. The van der Waals surface area contributed by atoms with Crippen molar-refractivity contribution in [1.82, 2.24) is 24.9 Å². The molecule has 10 heteroatoms. The summed E-state index contributed by atoms with van der Waals surface area (Å²) in [6.07, 6.45) is 5.23. The van der Waals surface area contributed by atoms with Crippen LogP contribution in [0.5, 0.6) is 0 Å². The average Bonchev–Trinajstić information content (AvgIpc) is 3.46. The van der Waals surface area contributed by atoms with E-state index in [2.05, 4.69) is 63.6 Å². The number of aromatic nitrogens is 4. The molecule has 0 radical (unpaired) electrons. The van der Waals surface area contributed by atoms with Crippen LogP contribution in [-0.4, -0.2) is 50.4 Å². The number of halogens is 1. The zero-order valence-corrected chi connectivity index (χ0v) is 27.8. The second-order valence-corrected chi connectivity index (χ2v) is 12.4. The highest BCUT2D eigenvalue weighted by Crippen LogP contribution is 2.36. The molecule has 0 spiro atoms. The lowest BCUT2D eigenvalue weighted by Crippen LogP contribution is -2.32. The molecule has 0 bridgehead atoms. The Morgan fingerprint density at radius 1 is 1.15 bits per heavy atom. The smallest absolute Gasteiger partial charge is 0.225 e. The highest BCUT2D eigenvalue weighted by molar-refractivity contribution is 5.91. The number of carbonyl (C=O) groups is 3. The number of anilines is 1. The lowest BCUT2D eigenvalue weighted by Gasteiger charge is -2.29. The van der Waals surface area contributed by atoms with Gasteiger partial charge < -0.3 is 14.9 Å². The number of hydrogen-bond acceptors (Lipinski definition) is 7. The molecule has 0 aliphatic carbocycles. The summed E-state index contributed by atoms with van der Waals surface area (Å²) in [5.41, 5.74) is 9.30. The maximum absolute atomic E-state index is 14.4. The van der Waals surface area contributed by atoms with E-state index < -0.39 is 6.04 Å². The normalized spacial score (nSPS) is 16.7. The first-order chi connectivity index (χ1) is 23.2. The summed E-state index contributed by atoms with van der Waals surface area (Å²) >= 11 is 0. The van der Waals surface area contributed by atoms with Crippen molar-refractivity contribution >= 4 is 35.7 Å². The van der Waals surface area contributed by atoms with Gasteiger partial charge in [-0.2, -0.15) is 0 Å². The highest BCUT2D eigenvalue weighted by atomic mass is 19.1. The molecule has 48 heavy (non-hydrogen) atoms. The van der Waals surface area contributed by atoms with Crippen molar-refractivity contribution in [3.8, 4) is 0 Å². The minimum absolute atomic E-state index is 0. The Morgan fingerprint density at radius 2 is 1.96 bits per heavy atom. The summed E-state index contributed by atoms with van der Waals surface area (Å²) < 4.78 is 16.2. The first kappa shape index (κ1) is 34.3. The van der Waals surface area contributed by atoms with Gasteiger partial charge in [-0.25, -0.2) is 9.07 Å². The van der Waals surface area contributed by atoms with Crippen molar-refractivity contribution in [2.75, 3.05) is 11.9 Å². The van der Waals surface area contributed by atoms with Crippen molar-refractivity contribution in [2.24, 2.45) is 5.92 Å². The van der Waals surface area contributed by atoms with Gasteiger partial charge in [0, 0.05) is 39.6 Å². The van der Waals surface area contributed by atoms with Crippen LogP contribution in [0.2, 0.25) is 0 Å². The van der Waals surface area contributed by atoms with Crippen molar-refractivity contribution in [3.05, 3.63) is 118 Å². The number of nitrogens with one attached hydrogen (secondary N) is 1. The van der Waals surface area contributed by atoms with E-state index in [1.54, 1.807) is 18.5 Å². The Balaban J connectivity index is 0.00000177. The predicted octanol–water partition coefficient (Wildman–Crippen LogP) is 6.76. The van der Waals surface area contributed by atoms with Gasteiger partial charge in [-0.05, 0) is 102 Å². The van der Waals surface area contributed by atoms with E-state index in [0.29, 0.717) is 25.3 Å². The molecule has 1 aliphatic heterocycles. The van der Waals surface area contributed by atoms with Crippen LogP contribution in [-0.2, 0) is 33.9 Å². The highest BCUT2D eigenvalue weighted by Gasteiger charge is 2.30. The lowest BCUT2D eigenvalue weighted by molar-refractivity contribution is -0.116. The molecule has 2 aromatic heterocycles. The Kier molecular flexibility index (Phi) is 10.9. The van der Waals surface area contributed by atoms with E-state index in [4.69, 9.17) is 4.79 Å². The molecule has 5 aromatic rings. The molecule has 3 atom stereocenters. The summed E-state index contributed by atoms with van der Waals surface area (Å²) in [5, 5.41) is 11.8. The van der Waals surface area contributed by atoms with Gasteiger partial charge in [-0.15, -0.1) is 5.10 Å². The minimum Gasteiger partial charge on any atom is -0.325 e. The third-order valence-electron chi connectivity index (χ3n) is 9.20. The number of fused-ring (bicyclic) bond motifs is 2. The van der Waals surface area contributed by atoms with Crippen molar-refractivity contribution < 1.29 is 20.2 Å². The van der Waals surface area contributed by atoms with E-state index in [1.807, 2.05) is 43.5 Å². The van der Waals surface area contributed by atoms with Crippen LogP contribution in [0.1, 0.15) is 72.6 Å². The summed E-state index contributed by atoms with van der Waals surface area (Å²) in [5.74, 6) is -0.450. The van der Waals surface area contributed by atoms with Crippen LogP contribution < -0.4 is 5.32 Å². The molecule has 3 heterocycles. The average molecular weight is 651 g/mol. The van der Waals surface area contributed by atoms with E-state index in [0.717, 1.165) is 62.7 Å². The van der Waals surface area contributed by atoms with Gasteiger partial charge in [0.1, 0.15) is 24.4 Å². The quantitative estimate of drug-likeness (QED) is 0.176. The summed E-state index contributed by atoms with van der Waals surface area (Å²) in [6.45, 7) is 12.2. The van der Waals surface area contributed by atoms with Gasteiger partial charge in [0.05, 0.1) is 23.4 Å². The Hall–Kier alpha value is -5.09. The standard InChI is InChI=1S/C37H39FN6O2.CH2O.H2/c1-5-44-34-13-12-31(25(4)37(34)41-42-44)32(18-36(46)40-30-7-6-14-39-19-30)27-9-8-24(3)28(16-27)21-43-20-23(2)15-26-10-11-29(38)17-33(26)35(43)22-45;1-2;/h6-14,16-17,19,22-23,32,35H,5,15,18,20-21H2,1-4H3,(H,40,46);1H2;1H/t23-,32-,35?;;/m0../s1. The van der Waals surface area contributed by atoms with Gasteiger partial charge in [0.2, 0.25) is 5.91 Å². The number of nitrogens with zero attached hydrogens (tertiary/aromatic N) is 5. The molecule has 250 valence electrons. The van der Waals surface area contributed by atoms with Crippen molar-refractivity contribution in [1.29, 1.82) is 0 Å². The van der Waals surface area contributed by atoms with Gasteiger partial charge in [0.15, 0.2) is 0 Å². The second kappa shape index (κ2) is 15.2. The van der Waals surface area contributed by atoms with Crippen LogP contribution in [0.15, 0.2) is 73.1 Å². The van der Waals surface area contributed by atoms with Crippen molar-refractivity contribution in [2.45, 2.75) is 65.6 Å². The predicted molar refractivity (Wildman–Crippen MR) is 186 cm³/mol. The molecule has 9 nitrogen and oxygen atoms in total. The maximum Gasteiger partial charge on any atom is 0.225 e. The van der Waals surface area contributed by atoms with Crippen molar-refractivity contribution in [3.63, 3.8) is 0 Å². The van der Waals surface area contributed by atoms with Crippen LogP contribution in [0.4, 0.5) is 10.1 Å². The summed E-state index contributed by atoms with van der Waals surface area (Å²) in [7, 11) is 0. The molecule has 6 rings (SSSR count). The zero-order valence-electron chi connectivity index (χ0n) is 27.8. The minimum atomic E-state index is -0.550. The second-order valence-electron chi connectivity index (χ2n) is 12.4. The third kappa shape index (κ3) is 7.23. The van der Waals surface area contributed by atoms with E-state index in [9.17, 15) is 14.0 Å². The molecule has 0 saturated heterocycles. The van der Waals surface area contributed by atoms with Gasteiger partial charge in [-0.1, -0.05) is 42.5 Å². The van der Waals surface area contributed by atoms with Gasteiger partial charge in [-0.3, -0.25) is 14.7 Å². The molecule has 0 fully saturated rings. The fraction of sp³-hybridized carbons (Fsp3) is 0.316. The summed E-state index contributed by atoms with van der Waals surface area (Å²) in [4.78, 5) is 40.4. The number of aryl methyl sites for hydroxylation is 3. The van der Waals surface area contributed by atoms with E-state index >= 15 is 0 Å². The monoisotopic (exact) mass is 650 g/mol. The van der Waals surface area contributed by atoms with Crippen LogP contribution in [0.3, 0.4) is 0 Å². The number of rotatable bonds is 9. The summed E-state index contributed by atoms with van der Waals surface area (Å²) in [6, 6.07) is 18.3. The molecular formula is C38H43FN6O3. The zero-order chi connectivity index (χ0) is 34.4. The van der Waals surface area contributed by atoms with Crippen LogP contribution in [0, 0.1) is 25.6 Å². The van der Waals surface area contributed by atoms with Crippen LogP contribution in [0.25, 0.3) is 11.0 Å². The fourth-order valence-corrected chi connectivity index (χ4v) is 6.83. The maximum atomic E-state index is 14.4. The first-order valence-corrected chi connectivity index (χ1v) is 16.1. The number of carbonyl (C=O) groups excluding carboxylic acids is 3. The molecule has 0 saturated carbocycles. The largest absolute Gasteiger partial charge is 0.325 e. The van der Waals surface area contributed by atoms with E-state index in [1.165, 1.54) is 12.1 Å².